The molecule has 4 rings (SSSR count). The summed E-state index contributed by atoms with van der Waals surface area (Å²) in [6.45, 7) is 8.07. The Morgan fingerprint density at radius 3 is 2.38 bits per heavy atom. The van der Waals surface area contributed by atoms with Crippen LogP contribution in [-0.2, 0) is 5.41 Å². The third kappa shape index (κ3) is 3.00. The predicted octanol–water partition coefficient (Wildman–Crippen LogP) is 5.19. The molecule has 1 N–H and O–H groups in total. The van der Waals surface area contributed by atoms with Crippen LogP contribution in [0.1, 0.15) is 73.0 Å². The van der Waals surface area contributed by atoms with Crippen molar-refractivity contribution >= 4 is 11.7 Å². The van der Waals surface area contributed by atoms with E-state index in [1.807, 2.05) is 12.1 Å². The minimum atomic E-state index is -0.875. The van der Waals surface area contributed by atoms with Crippen LogP contribution in [0, 0.1) is 0 Å². The number of benzene rings is 2. The summed E-state index contributed by atoms with van der Waals surface area (Å²) in [4.78, 5) is 13.7. The number of carboxylic acids is 1. The van der Waals surface area contributed by atoms with Gasteiger partial charge in [0, 0.05) is 24.2 Å². The van der Waals surface area contributed by atoms with Crippen LogP contribution in [0.4, 0.5) is 5.69 Å². The Balaban J connectivity index is 1.68. The van der Waals surface area contributed by atoms with E-state index in [2.05, 4.69) is 43.9 Å². The van der Waals surface area contributed by atoms with Crippen LogP contribution < -0.4 is 4.90 Å². The summed E-state index contributed by atoms with van der Waals surface area (Å²) >= 11 is 0. The van der Waals surface area contributed by atoms with E-state index in [1.165, 1.54) is 36.1 Å². The number of rotatable bonds is 4. The second-order valence-electron chi connectivity index (χ2n) is 8.48. The molecule has 0 saturated heterocycles. The topological polar surface area (TPSA) is 40.5 Å². The smallest absolute Gasteiger partial charge is 0.335 e. The lowest BCUT2D eigenvalue weighted by Gasteiger charge is -2.41. The molecule has 1 saturated carbocycles. The molecule has 0 amide bonds. The molecule has 0 aromatic heterocycles. The summed E-state index contributed by atoms with van der Waals surface area (Å²) in [7, 11) is 0. The minimum Gasteiger partial charge on any atom is -0.478 e. The normalized spacial score (nSPS) is 19.7. The largest absolute Gasteiger partial charge is 0.478 e. The third-order valence-electron chi connectivity index (χ3n) is 6.18. The van der Waals surface area contributed by atoms with E-state index in [0.717, 1.165) is 18.2 Å². The third-order valence-corrected chi connectivity index (χ3v) is 6.18. The Morgan fingerprint density at radius 2 is 1.77 bits per heavy atom. The summed E-state index contributed by atoms with van der Waals surface area (Å²) in [5.74, 6) is -0.629. The van der Waals surface area contributed by atoms with Crippen molar-refractivity contribution in [3.8, 4) is 0 Å². The molecule has 1 unspecified atom stereocenters. The number of anilines is 1. The number of aromatic carboxylic acids is 1. The molecule has 1 atom stereocenters. The van der Waals surface area contributed by atoms with Gasteiger partial charge in [-0.15, -0.1) is 0 Å². The van der Waals surface area contributed by atoms with Crippen LogP contribution in [0.15, 0.2) is 42.5 Å². The van der Waals surface area contributed by atoms with Crippen LogP contribution in [0.25, 0.3) is 0 Å². The van der Waals surface area contributed by atoms with Gasteiger partial charge in [-0.3, -0.25) is 0 Å². The Morgan fingerprint density at radius 1 is 1.12 bits per heavy atom. The van der Waals surface area contributed by atoms with Crippen molar-refractivity contribution in [1.82, 2.24) is 0 Å². The molecule has 1 aliphatic carbocycles. The average Bonchev–Trinajstić information content (AvgIpc) is 3.46. The van der Waals surface area contributed by atoms with E-state index < -0.39 is 5.97 Å². The molecule has 136 valence electrons. The summed E-state index contributed by atoms with van der Waals surface area (Å²) in [5, 5.41) is 9.09. The van der Waals surface area contributed by atoms with Crippen molar-refractivity contribution in [2.45, 2.75) is 57.4 Å². The highest BCUT2D eigenvalue weighted by Crippen LogP contribution is 2.45. The van der Waals surface area contributed by atoms with Gasteiger partial charge >= 0.3 is 5.97 Å². The molecule has 26 heavy (non-hydrogen) atoms. The first-order valence-electron chi connectivity index (χ1n) is 9.61. The Bertz CT molecular complexity index is 834. The van der Waals surface area contributed by atoms with Crippen LogP contribution in [0.3, 0.4) is 0 Å². The number of nitrogens with zero attached hydrogens (tertiary/aromatic N) is 1. The van der Waals surface area contributed by atoms with Gasteiger partial charge in [0.25, 0.3) is 0 Å². The molecular formula is C23H27NO2. The van der Waals surface area contributed by atoms with Gasteiger partial charge in [-0.1, -0.05) is 45.0 Å². The van der Waals surface area contributed by atoms with Gasteiger partial charge in [0.05, 0.1) is 5.56 Å². The Kier molecular flexibility index (Phi) is 4.06. The number of hydrogen-bond acceptors (Lipinski definition) is 2. The molecule has 1 heterocycles. The van der Waals surface area contributed by atoms with E-state index in [0.29, 0.717) is 5.56 Å². The highest BCUT2D eigenvalue weighted by Gasteiger charge is 2.38. The zero-order chi connectivity index (χ0) is 18.5. The van der Waals surface area contributed by atoms with Gasteiger partial charge < -0.3 is 10.0 Å². The molecule has 2 aliphatic rings. The van der Waals surface area contributed by atoms with E-state index >= 15 is 0 Å². The van der Waals surface area contributed by atoms with Crippen molar-refractivity contribution in [3.63, 3.8) is 0 Å². The van der Waals surface area contributed by atoms with Gasteiger partial charge in [0.2, 0.25) is 0 Å². The summed E-state index contributed by atoms with van der Waals surface area (Å²) in [5.41, 5.74) is 5.87. The highest BCUT2D eigenvalue weighted by atomic mass is 16.4. The van der Waals surface area contributed by atoms with E-state index in [1.54, 1.807) is 12.1 Å². The molecule has 0 radical (unpaired) electrons. The number of carboxylic acid groups (broad SMARTS) is 1. The van der Waals surface area contributed by atoms with Crippen LogP contribution in [0.5, 0.6) is 0 Å². The Labute approximate surface area is 155 Å². The van der Waals surface area contributed by atoms with Crippen molar-refractivity contribution in [1.29, 1.82) is 0 Å². The SMILES string of the molecule is CC(c1ccc(C(=O)O)cc1)c1ccc2c(c1)C(C)(C)CCN2C1CC1. The summed E-state index contributed by atoms with van der Waals surface area (Å²) < 4.78 is 0. The molecule has 0 bridgehead atoms. The molecular weight excluding hydrogens is 322 g/mol. The average molecular weight is 349 g/mol. The zero-order valence-electron chi connectivity index (χ0n) is 15.8. The van der Waals surface area contributed by atoms with E-state index in [4.69, 9.17) is 5.11 Å². The highest BCUT2D eigenvalue weighted by molar-refractivity contribution is 5.87. The lowest BCUT2D eigenvalue weighted by Crippen LogP contribution is -2.38. The van der Waals surface area contributed by atoms with Crippen molar-refractivity contribution in [2.24, 2.45) is 0 Å². The van der Waals surface area contributed by atoms with Gasteiger partial charge in [0.15, 0.2) is 0 Å². The maximum absolute atomic E-state index is 11.1. The Hall–Kier alpha value is -2.29. The van der Waals surface area contributed by atoms with Crippen LogP contribution in [0.2, 0.25) is 0 Å². The first-order chi connectivity index (χ1) is 12.4. The first-order valence-corrected chi connectivity index (χ1v) is 9.61. The molecule has 2 aromatic carbocycles. The van der Waals surface area contributed by atoms with Crippen molar-refractivity contribution < 1.29 is 9.90 Å². The fraction of sp³-hybridized carbons (Fsp3) is 0.435. The van der Waals surface area contributed by atoms with E-state index in [-0.39, 0.29) is 11.3 Å². The molecule has 0 spiro atoms. The van der Waals surface area contributed by atoms with E-state index in [9.17, 15) is 4.79 Å². The minimum absolute atomic E-state index is 0.198. The maximum Gasteiger partial charge on any atom is 0.335 e. The number of carbonyl (C=O) groups is 1. The van der Waals surface area contributed by atoms with Crippen LogP contribution >= 0.6 is 0 Å². The first kappa shape index (κ1) is 17.1. The zero-order valence-corrected chi connectivity index (χ0v) is 15.8. The monoisotopic (exact) mass is 349 g/mol. The maximum atomic E-state index is 11.1. The molecule has 2 aromatic rings. The fourth-order valence-electron chi connectivity index (χ4n) is 4.14. The lowest BCUT2D eigenvalue weighted by molar-refractivity contribution is 0.0697. The van der Waals surface area contributed by atoms with Gasteiger partial charge in [0.1, 0.15) is 0 Å². The quantitative estimate of drug-likeness (QED) is 0.826. The number of fused-ring (bicyclic) bond motifs is 1. The molecule has 1 aliphatic heterocycles. The molecule has 3 heteroatoms. The molecule has 3 nitrogen and oxygen atoms in total. The summed E-state index contributed by atoms with van der Waals surface area (Å²) in [6.07, 6.45) is 3.85. The van der Waals surface area contributed by atoms with Crippen LogP contribution in [-0.4, -0.2) is 23.7 Å². The summed E-state index contributed by atoms with van der Waals surface area (Å²) in [6, 6.07) is 15.0. The standard InChI is InChI=1S/C23H27NO2/c1-15(16-4-6-17(7-5-16)22(25)26)18-8-11-21-20(14-18)23(2,3)12-13-24(21)19-9-10-19/h4-8,11,14-15,19H,9-10,12-13H2,1-3H3,(H,25,26). The van der Waals surface area contributed by atoms with Crippen molar-refractivity contribution in [3.05, 3.63) is 64.7 Å². The second-order valence-corrected chi connectivity index (χ2v) is 8.48. The van der Waals surface area contributed by atoms with Gasteiger partial charge in [-0.25, -0.2) is 4.79 Å². The molecule has 1 fully saturated rings. The fourth-order valence-corrected chi connectivity index (χ4v) is 4.14. The van der Waals surface area contributed by atoms with Gasteiger partial charge in [-0.05, 0) is 59.6 Å². The lowest BCUT2D eigenvalue weighted by atomic mass is 9.76. The number of hydrogen-bond donors (Lipinski definition) is 1. The van der Waals surface area contributed by atoms with Gasteiger partial charge in [-0.2, -0.15) is 0 Å². The van der Waals surface area contributed by atoms with Crippen molar-refractivity contribution in [2.75, 3.05) is 11.4 Å². The second kappa shape index (κ2) is 6.15. The predicted molar refractivity (Wildman–Crippen MR) is 105 cm³/mol.